The minimum Gasteiger partial charge on any atom is -0.392 e. The first-order valence-corrected chi connectivity index (χ1v) is 4.17. The predicted octanol–water partition coefficient (Wildman–Crippen LogP) is 1.91. The van der Waals surface area contributed by atoms with Gasteiger partial charge in [-0.2, -0.15) is 0 Å². The van der Waals surface area contributed by atoms with E-state index in [9.17, 15) is 10.1 Å². The molecule has 0 amide bonds. The molecule has 0 aromatic heterocycles. The summed E-state index contributed by atoms with van der Waals surface area (Å²) in [7, 11) is 0. The zero-order valence-electron chi connectivity index (χ0n) is 7.80. The van der Waals surface area contributed by atoms with E-state index in [0.29, 0.717) is 5.56 Å². The molecule has 0 aliphatic rings. The summed E-state index contributed by atoms with van der Waals surface area (Å²) in [4.78, 5) is 10.2. The molecule has 0 fully saturated rings. The molecule has 0 unspecified atom stereocenters. The lowest BCUT2D eigenvalue weighted by molar-refractivity contribution is -0.385. The van der Waals surface area contributed by atoms with Crippen LogP contribution in [0.1, 0.15) is 11.1 Å². The van der Waals surface area contributed by atoms with Crippen molar-refractivity contribution in [2.24, 2.45) is 0 Å². The fourth-order valence-electron chi connectivity index (χ4n) is 1.15. The van der Waals surface area contributed by atoms with Crippen molar-refractivity contribution in [3.05, 3.63) is 45.5 Å². The fraction of sp³-hybridized carbons (Fsp3) is 0.200. The number of nitro groups is 1. The molecule has 0 atom stereocenters. The third kappa shape index (κ3) is 2.40. The van der Waals surface area contributed by atoms with Gasteiger partial charge in [-0.1, -0.05) is 17.7 Å². The van der Waals surface area contributed by atoms with E-state index in [2.05, 4.69) is 0 Å². The topological polar surface area (TPSA) is 63.4 Å². The molecule has 1 N–H and O–H groups in total. The Morgan fingerprint density at radius 3 is 2.86 bits per heavy atom. The van der Waals surface area contributed by atoms with Gasteiger partial charge in [-0.3, -0.25) is 10.1 Å². The number of hydrogen-bond donors (Lipinski definition) is 1. The molecule has 0 radical (unpaired) electrons. The van der Waals surface area contributed by atoms with Gasteiger partial charge in [0.25, 0.3) is 5.69 Å². The van der Waals surface area contributed by atoms with Crippen LogP contribution < -0.4 is 0 Å². The molecule has 0 heterocycles. The Labute approximate surface area is 81.6 Å². The van der Waals surface area contributed by atoms with E-state index in [0.717, 1.165) is 5.56 Å². The first-order valence-electron chi connectivity index (χ1n) is 4.17. The van der Waals surface area contributed by atoms with Gasteiger partial charge >= 0.3 is 0 Å². The summed E-state index contributed by atoms with van der Waals surface area (Å²) in [5, 5.41) is 19.2. The maximum atomic E-state index is 10.6. The Balaban J connectivity index is 3.15. The Morgan fingerprint density at radius 2 is 2.29 bits per heavy atom. The van der Waals surface area contributed by atoms with Crippen LogP contribution in [-0.4, -0.2) is 16.6 Å². The minimum atomic E-state index is -0.434. The molecule has 0 aliphatic heterocycles. The number of aliphatic hydroxyl groups is 1. The summed E-state index contributed by atoms with van der Waals surface area (Å²) >= 11 is 0. The van der Waals surface area contributed by atoms with Crippen LogP contribution in [0.15, 0.2) is 24.3 Å². The Hall–Kier alpha value is -1.68. The summed E-state index contributed by atoms with van der Waals surface area (Å²) in [6, 6.07) is 4.87. The SMILES string of the molecule is Cc1ccc([N+](=O)[O-])c(C=CCO)c1. The molecule has 1 rings (SSSR count). The van der Waals surface area contributed by atoms with Gasteiger partial charge in [-0.05, 0) is 19.1 Å². The van der Waals surface area contributed by atoms with Crippen molar-refractivity contribution < 1.29 is 10.0 Å². The van der Waals surface area contributed by atoms with Gasteiger partial charge < -0.3 is 5.11 Å². The summed E-state index contributed by atoms with van der Waals surface area (Å²) in [6.07, 6.45) is 3.02. The number of aliphatic hydroxyl groups excluding tert-OH is 1. The number of hydrogen-bond acceptors (Lipinski definition) is 3. The Morgan fingerprint density at radius 1 is 1.57 bits per heavy atom. The summed E-state index contributed by atoms with van der Waals surface area (Å²) in [6.45, 7) is 1.74. The van der Waals surface area contributed by atoms with E-state index in [1.54, 1.807) is 18.2 Å². The van der Waals surface area contributed by atoms with E-state index in [-0.39, 0.29) is 12.3 Å². The molecule has 4 heteroatoms. The predicted molar refractivity (Wildman–Crippen MR) is 54.0 cm³/mol. The van der Waals surface area contributed by atoms with Crippen LogP contribution in [-0.2, 0) is 0 Å². The number of benzene rings is 1. The van der Waals surface area contributed by atoms with E-state index < -0.39 is 4.92 Å². The smallest absolute Gasteiger partial charge is 0.276 e. The second-order valence-electron chi connectivity index (χ2n) is 2.90. The van der Waals surface area contributed by atoms with E-state index in [4.69, 9.17) is 5.11 Å². The lowest BCUT2D eigenvalue weighted by atomic mass is 10.1. The van der Waals surface area contributed by atoms with Gasteiger partial charge in [0.15, 0.2) is 0 Å². The minimum absolute atomic E-state index is 0.0558. The molecule has 1 aromatic carbocycles. The summed E-state index contributed by atoms with van der Waals surface area (Å²) in [5.74, 6) is 0. The largest absolute Gasteiger partial charge is 0.392 e. The van der Waals surface area contributed by atoms with Crippen molar-refractivity contribution in [2.75, 3.05) is 6.61 Å². The van der Waals surface area contributed by atoms with Gasteiger partial charge in [0, 0.05) is 6.07 Å². The highest BCUT2D eigenvalue weighted by Crippen LogP contribution is 2.20. The summed E-state index contributed by atoms with van der Waals surface area (Å²) in [5.41, 5.74) is 1.53. The molecule has 0 bridgehead atoms. The quantitative estimate of drug-likeness (QED) is 0.589. The van der Waals surface area contributed by atoms with Gasteiger partial charge in [0.1, 0.15) is 0 Å². The maximum absolute atomic E-state index is 10.6. The molecule has 4 nitrogen and oxygen atoms in total. The number of rotatable bonds is 3. The van der Waals surface area contributed by atoms with Gasteiger partial charge in [-0.25, -0.2) is 0 Å². The van der Waals surface area contributed by atoms with Gasteiger partial charge in [-0.15, -0.1) is 0 Å². The van der Waals surface area contributed by atoms with Crippen LogP contribution in [0.3, 0.4) is 0 Å². The first kappa shape index (κ1) is 10.4. The molecule has 0 saturated heterocycles. The standard InChI is InChI=1S/C10H11NO3/c1-8-4-5-10(11(13)14)9(7-8)3-2-6-12/h2-5,7,12H,6H2,1H3. The fourth-order valence-corrected chi connectivity index (χ4v) is 1.15. The molecule has 74 valence electrons. The normalized spacial score (nSPS) is 10.7. The zero-order valence-corrected chi connectivity index (χ0v) is 7.80. The number of nitrogens with zero attached hydrogens (tertiary/aromatic N) is 1. The molecule has 14 heavy (non-hydrogen) atoms. The number of aryl methyl sites for hydroxylation is 1. The van der Waals surface area contributed by atoms with E-state index in [1.165, 1.54) is 12.1 Å². The molecule has 0 aliphatic carbocycles. The highest BCUT2D eigenvalue weighted by atomic mass is 16.6. The number of nitro benzene ring substituents is 1. The Kier molecular flexibility index (Phi) is 3.36. The highest BCUT2D eigenvalue weighted by Gasteiger charge is 2.10. The van der Waals surface area contributed by atoms with Crippen molar-refractivity contribution in [3.8, 4) is 0 Å². The van der Waals surface area contributed by atoms with Crippen LogP contribution in [0.25, 0.3) is 6.08 Å². The monoisotopic (exact) mass is 193 g/mol. The lowest BCUT2D eigenvalue weighted by Crippen LogP contribution is -1.92. The maximum Gasteiger partial charge on any atom is 0.276 e. The third-order valence-electron chi connectivity index (χ3n) is 1.78. The molecule has 1 aromatic rings. The van der Waals surface area contributed by atoms with Gasteiger partial charge in [0.05, 0.1) is 17.1 Å². The van der Waals surface area contributed by atoms with Gasteiger partial charge in [0.2, 0.25) is 0 Å². The van der Waals surface area contributed by atoms with Crippen LogP contribution in [0.5, 0.6) is 0 Å². The van der Waals surface area contributed by atoms with Crippen molar-refractivity contribution in [2.45, 2.75) is 6.92 Å². The van der Waals surface area contributed by atoms with Crippen LogP contribution >= 0.6 is 0 Å². The Bertz CT molecular complexity index is 372. The van der Waals surface area contributed by atoms with Crippen molar-refractivity contribution in [3.63, 3.8) is 0 Å². The average Bonchev–Trinajstić information content (AvgIpc) is 2.14. The second-order valence-corrected chi connectivity index (χ2v) is 2.90. The highest BCUT2D eigenvalue weighted by molar-refractivity contribution is 5.61. The molecule has 0 saturated carbocycles. The first-order chi connectivity index (χ1) is 6.65. The average molecular weight is 193 g/mol. The molecule has 0 spiro atoms. The zero-order chi connectivity index (χ0) is 10.6. The van der Waals surface area contributed by atoms with Crippen LogP contribution in [0.4, 0.5) is 5.69 Å². The van der Waals surface area contributed by atoms with Crippen molar-refractivity contribution in [1.82, 2.24) is 0 Å². The van der Waals surface area contributed by atoms with Crippen molar-refractivity contribution >= 4 is 11.8 Å². The van der Waals surface area contributed by atoms with E-state index >= 15 is 0 Å². The molecular formula is C10H11NO3. The van der Waals surface area contributed by atoms with Crippen molar-refractivity contribution in [1.29, 1.82) is 0 Å². The van der Waals surface area contributed by atoms with Crippen LogP contribution in [0, 0.1) is 17.0 Å². The van der Waals surface area contributed by atoms with E-state index in [1.807, 2.05) is 6.92 Å². The second kappa shape index (κ2) is 4.53. The van der Waals surface area contributed by atoms with Crippen LogP contribution in [0.2, 0.25) is 0 Å². The summed E-state index contributed by atoms with van der Waals surface area (Å²) < 4.78 is 0. The third-order valence-corrected chi connectivity index (χ3v) is 1.78. The molecular weight excluding hydrogens is 182 g/mol. The lowest BCUT2D eigenvalue weighted by Gasteiger charge is -1.98.